The number of nitrogens with zero attached hydrogens (tertiary/aromatic N) is 1. The first kappa shape index (κ1) is 16.8. The zero-order valence-corrected chi connectivity index (χ0v) is 14.6. The molecule has 1 aromatic rings. The van der Waals surface area contributed by atoms with E-state index >= 15 is 0 Å². The van der Waals surface area contributed by atoms with Crippen LogP contribution in [-0.4, -0.2) is 33.9 Å². The Morgan fingerprint density at radius 3 is 2.75 bits per heavy atom. The molecule has 2 heterocycles. The third-order valence-electron chi connectivity index (χ3n) is 3.67. The molecule has 2 aliphatic heterocycles. The fraction of sp³-hybridized carbons (Fsp3) is 0.312. The normalized spacial score (nSPS) is 19.5. The van der Waals surface area contributed by atoms with Gasteiger partial charge in [-0.2, -0.15) is 0 Å². The van der Waals surface area contributed by atoms with Crippen LogP contribution in [0.2, 0.25) is 0 Å². The fourth-order valence-corrected chi connectivity index (χ4v) is 3.88. The van der Waals surface area contributed by atoms with Gasteiger partial charge in [0, 0.05) is 0 Å². The summed E-state index contributed by atoms with van der Waals surface area (Å²) in [6.45, 7) is 3.59. The molecule has 1 fully saturated rings. The van der Waals surface area contributed by atoms with Gasteiger partial charge in [-0.15, -0.1) is 0 Å². The van der Waals surface area contributed by atoms with Crippen LogP contribution in [0, 0.1) is 5.92 Å². The number of hydrogen-bond donors (Lipinski definition) is 0. The molecule has 0 radical (unpaired) electrons. The molecule has 0 N–H and O–H groups in total. The molecular formula is C16H14NO5S2-. The second-order valence-electron chi connectivity index (χ2n) is 5.67. The van der Waals surface area contributed by atoms with Gasteiger partial charge in [-0.05, 0) is 29.7 Å². The van der Waals surface area contributed by atoms with Crippen LogP contribution in [0.5, 0.6) is 11.5 Å². The maximum absolute atomic E-state index is 12.6. The minimum atomic E-state index is -1.31. The van der Waals surface area contributed by atoms with E-state index in [1.807, 2.05) is 0 Å². The number of carboxylic acids is 1. The van der Waals surface area contributed by atoms with E-state index < -0.39 is 17.9 Å². The maximum Gasteiger partial charge on any atom is 0.266 e. The molecule has 24 heavy (non-hydrogen) atoms. The largest absolute Gasteiger partial charge is 0.548 e. The summed E-state index contributed by atoms with van der Waals surface area (Å²) in [7, 11) is 0. The number of ether oxygens (including phenoxy) is 2. The Balaban J connectivity index is 1.89. The van der Waals surface area contributed by atoms with Crippen LogP contribution in [0.4, 0.5) is 0 Å². The molecule has 1 amide bonds. The van der Waals surface area contributed by atoms with E-state index in [1.54, 1.807) is 38.1 Å². The number of fused-ring (bicyclic) bond motifs is 1. The zero-order chi connectivity index (χ0) is 17.4. The number of thioether (sulfide) groups is 1. The molecule has 0 aromatic heterocycles. The van der Waals surface area contributed by atoms with Crippen molar-refractivity contribution < 1.29 is 24.2 Å². The van der Waals surface area contributed by atoms with Gasteiger partial charge in [0.25, 0.3) is 5.91 Å². The Labute approximate surface area is 148 Å². The number of carbonyl (C=O) groups is 2. The predicted octanol–water partition coefficient (Wildman–Crippen LogP) is 1.39. The van der Waals surface area contributed by atoms with Crippen molar-refractivity contribution >= 4 is 46.3 Å². The van der Waals surface area contributed by atoms with Crippen LogP contribution in [0.15, 0.2) is 23.1 Å². The number of hydrogen-bond acceptors (Lipinski definition) is 7. The molecular weight excluding hydrogens is 350 g/mol. The number of rotatable bonds is 4. The third-order valence-corrected chi connectivity index (χ3v) is 5.00. The van der Waals surface area contributed by atoms with Gasteiger partial charge in [0.2, 0.25) is 6.79 Å². The SMILES string of the molecule is CC(C)[C@H](C(=O)[O-])N1C(=O)/C(=C/c2ccc3c(c2)OCO3)SC1=S. The summed E-state index contributed by atoms with van der Waals surface area (Å²) >= 11 is 6.28. The van der Waals surface area contributed by atoms with E-state index in [4.69, 9.17) is 21.7 Å². The summed E-state index contributed by atoms with van der Waals surface area (Å²) in [6.07, 6.45) is 1.66. The molecule has 3 rings (SSSR count). The summed E-state index contributed by atoms with van der Waals surface area (Å²) in [6, 6.07) is 4.22. The number of thiocarbonyl (C=S) groups is 1. The van der Waals surface area contributed by atoms with Gasteiger partial charge in [-0.1, -0.05) is 43.9 Å². The van der Waals surface area contributed by atoms with E-state index in [2.05, 4.69) is 0 Å². The Morgan fingerprint density at radius 1 is 1.38 bits per heavy atom. The summed E-state index contributed by atoms with van der Waals surface area (Å²) in [5.41, 5.74) is 0.745. The fourth-order valence-electron chi connectivity index (χ4n) is 2.55. The molecule has 0 spiro atoms. The lowest BCUT2D eigenvalue weighted by molar-refractivity contribution is -0.311. The van der Waals surface area contributed by atoms with E-state index in [9.17, 15) is 14.7 Å². The van der Waals surface area contributed by atoms with E-state index in [0.29, 0.717) is 16.4 Å². The van der Waals surface area contributed by atoms with Crippen molar-refractivity contribution in [3.8, 4) is 11.5 Å². The number of benzene rings is 1. The lowest BCUT2D eigenvalue weighted by Crippen LogP contribution is -2.52. The molecule has 0 saturated carbocycles. The van der Waals surface area contributed by atoms with Crippen molar-refractivity contribution in [1.82, 2.24) is 4.90 Å². The summed E-state index contributed by atoms with van der Waals surface area (Å²) in [5.74, 6) is -0.802. The molecule has 1 aromatic carbocycles. The molecule has 0 aliphatic carbocycles. The molecule has 0 bridgehead atoms. The van der Waals surface area contributed by atoms with Crippen LogP contribution in [-0.2, 0) is 9.59 Å². The minimum absolute atomic E-state index is 0.169. The van der Waals surface area contributed by atoms with Gasteiger partial charge in [0.1, 0.15) is 4.32 Å². The molecule has 8 heteroatoms. The summed E-state index contributed by atoms with van der Waals surface area (Å²) in [4.78, 5) is 25.5. The lowest BCUT2D eigenvalue weighted by atomic mass is 10.0. The molecule has 6 nitrogen and oxygen atoms in total. The van der Waals surface area contributed by atoms with Crippen molar-refractivity contribution in [2.24, 2.45) is 5.92 Å². The summed E-state index contributed by atoms with van der Waals surface area (Å²) < 4.78 is 10.8. The van der Waals surface area contributed by atoms with Crippen molar-refractivity contribution in [1.29, 1.82) is 0 Å². The molecule has 2 aliphatic rings. The van der Waals surface area contributed by atoms with Gasteiger partial charge in [0.15, 0.2) is 11.5 Å². The maximum atomic E-state index is 12.6. The molecule has 1 atom stereocenters. The Morgan fingerprint density at radius 2 is 2.08 bits per heavy atom. The van der Waals surface area contributed by atoms with Gasteiger partial charge < -0.3 is 19.4 Å². The van der Waals surface area contributed by atoms with Crippen LogP contribution in [0.1, 0.15) is 19.4 Å². The number of aliphatic carboxylic acids is 1. The Hall–Kier alpha value is -2.06. The van der Waals surface area contributed by atoms with E-state index in [0.717, 1.165) is 22.2 Å². The van der Waals surface area contributed by atoms with Gasteiger partial charge in [0.05, 0.1) is 16.9 Å². The highest BCUT2D eigenvalue weighted by molar-refractivity contribution is 8.26. The van der Waals surface area contributed by atoms with Gasteiger partial charge in [-0.25, -0.2) is 0 Å². The minimum Gasteiger partial charge on any atom is -0.548 e. The smallest absolute Gasteiger partial charge is 0.266 e. The molecule has 1 saturated heterocycles. The van der Waals surface area contributed by atoms with Crippen LogP contribution in [0.3, 0.4) is 0 Å². The van der Waals surface area contributed by atoms with Crippen molar-refractivity contribution in [2.45, 2.75) is 19.9 Å². The van der Waals surface area contributed by atoms with Gasteiger partial charge in [-0.3, -0.25) is 9.69 Å². The topological polar surface area (TPSA) is 78.9 Å². The zero-order valence-electron chi connectivity index (χ0n) is 13.0. The van der Waals surface area contributed by atoms with Gasteiger partial charge >= 0.3 is 0 Å². The third kappa shape index (κ3) is 2.99. The Bertz CT molecular complexity index is 759. The second kappa shape index (κ2) is 6.45. The highest BCUT2D eigenvalue weighted by Gasteiger charge is 2.39. The Kier molecular flexibility index (Phi) is 4.51. The van der Waals surface area contributed by atoms with Crippen LogP contribution < -0.4 is 14.6 Å². The highest BCUT2D eigenvalue weighted by atomic mass is 32.2. The average Bonchev–Trinajstić information content (AvgIpc) is 3.06. The highest BCUT2D eigenvalue weighted by Crippen LogP contribution is 2.37. The second-order valence-corrected chi connectivity index (χ2v) is 7.35. The number of amides is 1. The summed E-state index contributed by atoms with van der Waals surface area (Å²) in [5, 5.41) is 11.4. The van der Waals surface area contributed by atoms with Crippen LogP contribution >= 0.6 is 24.0 Å². The molecule has 0 unspecified atom stereocenters. The first-order valence-electron chi connectivity index (χ1n) is 7.26. The predicted molar refractivity (Wildman–Crippen MR) is 91.2 cm³/mol. The lowest BCUT2D eigenvalue weighted by Gasteiger charge is -2.30. The van der Waals surface area contributed by atoms with Crippen molar-refractivity contribution in [3.05, 3.63) is 28.7 Å². The van der Waals surface area contributed by atoms with E-state index in [-0.39, 0.29) is 17.0 Å². The first-order chi connectivity index (χ1) is 11.4. The average molecular weight is 364 g/mol. The van der Waals surface area contributed by atoms with E-state index in [1.165, 1.54) is 0 Å². The first-order valence-corrected chi connectivity index (χ1v) is 8.48. The molecule has 126 valence electrons. The quantitative estimate of drug-likeness (QED) is 0.590. The monoisotopic (exact) mass is 364 g/mol. The number of carboxylic acid groups (broad SMARTS) is 1. The standard InChI is InChI=1S/C16H15NO5S2/c1-8(2)13(15(19)20)17-14(18)12(24-16(17)23)6-9-3-4-10-11(5-9)22-7-21-10/h3-6,8,13H,7H2,1-2H3,(H,19,20)/p-1/b12-6-/t13-/m1/s1. The van der Waals surface area contributed by atoms with Crippen LogP contribution in [0.25, 0.3) is 6.08 Å². The van der Waals surface area contributed by atoms with Crippen molar-refractivity contribution in [2.75, 3.05) is 6.79 Å². The van der Waals surface area contributed by atoms with Crippen molar-refractivity contribution in [3.63, 3.8) is 0 Å². The number of carbonyl (C=O) groups excluding carboxylic acids is 2.